The average molecular weight is 283 g/mol. The number of nitrogens with zero attached hydrogens (tertiary/aromatic N) is 3. The lowest BCUT2D eigenvalue weighted by atomic mass is 10.0. The molecule has 1 atom stereocenters. The van der Waals surface area contributed by atoms with E-state index in [1.54, 1.807) is 18.7 Å². The normalized spacial score (nSPS) is 12.4. The van der Waals surface area contributed by atoms with Crippen LogP contribution in [0.25, 0.3) is 11.5 Å². The third kappa shape index (κ3) is 3.20. The highest BCUT2D eigenvalue weighted by molar-refractivity contribution is 5.48. The molecule has 1 N–H and O–H groups in total. The minimum Gasteiger partial charge on any atom is -0.469 e. The van der Waals surface area contributed by atoms with Crippen LogP contribution in [0.4, 0.5) is 0 Å². The molecule has 0 saturated heterocycles. The third-order valence-electron chi connectivity index (χ3n) is 3.39. The zero-order valence-corrected chi connectivity index (χ0v) is 11.6. The Bertz CT molecular complexity index is 662. The molecule has 3 aromatic rings. The van der Waals surface area contributed by atoms with Crippen molar-refractivity contribution in [2.45, 2.75) is 13.0 Å². The first kappa shape index (κ1) is 13.6. The highest BCUT2D eigenvalue weighted by atomic mass is 16.3. The monoisotopic (exact) mass is 283 g/mol. The number of rotatable bonds is 6. The van der Waals surface area contributed by atoms with Crippen LogP contribution in [0.15, 0.2) is 59.6 Å². The van der Waals surface area contributed by atoms with E-state index < -0.39 is 0 Å². The summed E-state index contributed by atoms with van der Waals surface area (Å²) in [4.78, 5) is 8.69. The summed E-state index contributed by atoms with van der Waals surface area (Å²) in [6, 6.07) is 9.54. The van der Waals surface area contributed by atoms with Crippen LogP contribution in [0.3, 0.4) is 0 Å². The van der Waals surface area contributed by atoms with Crippen LogP contribution < -0.4 is 0 Å². The van der Waals surface area contributed by atoms with E-state index in [0.717, 1.165) is 17.3 Å². The maximum Gasteiger partial charge on any atom is 0.158 e. The van der Waals surface area contributed by atoms with Gasteiger partial charge in [0, 0.05) is 44.1 Å². The first-order valence-electron chi connectivity index (χ1n) is 6.92. The van der Waals surface area contributed by atoms with E-state index >= 15 is 0 Å². The van der Waals surface area contributed by atoms with Gasteiger partial charge in [0.05, 0.1) is 6.26 Å². The van der Waals surface area contributed by atoms with Crippen molar-refractivity contribution < 1.29 is 9.52 Å². The molecule has 0 fully saturated rings. The standard InChI is InChI=1S/C16H17N3O2/c20-12-13(10-14-4-3-9-21-14)11-19-8-7-18-16(19)15-5-1-2-6-17-15/h1-9,13,20H,10-12H2/t13-/m1/s1. The van der Waals surface area contributed by atoms with Crippen molar-refractivity contribution in [3.05, 3.63) is 60.9 Å². The second kappa shape index (κ2) is 6.37. The number of pyridine rings is 1. The molecule has 0 aromatic carbocycles. The van der Waals surface area contributed by atoms with Crippen LogP contribution >= 0.6 is 0 Å². The lowest BCUT2D eigenvalue weighted by Gasteiger charge is -2.15. The fraction of sp³-hybridized carbons (Fsp3) is 0.250. The molecule has 0 unspecified atom stereocenters. The first-order chi connectivity index (χ1) is 10.4. The zero-order chi connectivity index (χ0) is 14.5. The Morgan fingerprint density at radius 1 is 1.14 bits per heavy atom. The molecular weight excluding hydrogens is 266 g/mol. The molecule has 3 aromatic heterocycles. The van der Waals surface area contributed by atoms with Crippen LogP contribution in [-0.4, -0.2) is 26.2 Å². The van der Waals surface area contributed by atoms with Gasteiger partial charge >= 0.3 is 0 Å². The highest BCUT2D eigenvalue weighted by Gasteiger charge is 2.14. The molecule has 0 radical (unpaired) electrons. The minimum atomic E-state index is 0.0767. The maximum absolute atomic E-state index is 9.59. The fourth-order valence-electron chi connectivity index (χ4n) is 2.36. The SMILES string of the molecule is OC[C@H](Cc1ccco1)Cn1ccnc1-c1ccccn1. The number of hydrogen-bond donors (Lipinski definition) is 1. The molecule has 3 heterocycles. The molecule has 0 aliphatic rings. The van der Waals surface area contributed by atoms with Gasteiger partial charge < -0.3 is 14.1 Å². The Balaban J connectivity index is 1.77. The van der Waals surface area contributed by atoms with E-state index in [1.807, 2.05) is 41.1 Å². The molecule has 0 aliphatic carbocycles. The van der Waals surface area contributed by atoms with E-state index in [2.05, 4.69) is 9.97 Å². The van der Waals surface area contributed by atoms with Crippen molar-refractivity contribution in [3.63, 3.8) is 0 Å². The van der Waals surface area contributed by atoms with Crippen molar-refractivity contribution in [2.75, 3.05) is 6.61 Å². The number of aliphatic hydroxyl groups is 1. The van der Waals surface area contributed by atoms with Gasteiger partial charge in [-0.2, -0.15) is 0 Å². The smallest absolute Gasteiger partial charge is 0.158 e. The number of imidazole rings is 1. The Kier molecular flexibility index (Phi) is 4.12. The predicted molar refractivity (Wildman–Crippen MR) is 78.4 cm³/mol. The second-order valence-electron chi connectivity index (χ2n) is 4.95. The van der Waals surface area contributed by atoms with Gasteiger partial charge in [0.25, 0.3) is 0 Å². The van der Waals surface area contributed by atoms with Gasteiger partial charge in [0.15, 0.2) is 5.82 Å². The quantitative estimate of drug-likeness (QED) is 0.754. The third-order valence-corrected chi connectivity index (χ3v) is 3.39. The first-order valence-corrected chi connectivity index (χ1v) is 6.92. The number of hydrogen-bond acceptors (Lipinski definition) is 4. The van der Waals surface area contributed by atoms with Crippen molar-refractivity contribution in [1.82, 2.24) is 14.5 Å². The molecule has 0 bridgehead atoms. The Morgan fingerprint density at radius 2 is 2.10 bits per heavy atom. The van der Waals surface area contributed by atoms with E-state index in [9.17, 15) is 5.11 Å². The van der Waals surface area contributed by atoms with Gasteiger partial charge in [0.1, 0.15) is 11.5 Å². The molecule has 0 spiro atoms. The van der Waals surface area contributed by atoms with Crippen LogP contribution in [-0.2, 0) is 13.0 Å². The molecular formula is C16H17N3O2. The van der Waals surface area contributed by atoms with Crippen molar-refractivity contribution >= 4 is 0 Å². The predicted octanol–water partition coefficient (Wildman–Crippen LogP) is 2.39. The summed E-state index contributed by atoms with van der Waals surface area (Å²) in [6.45, 7) is 0.768. The second-order valence-corrected chi connectivity index (χ2v) is 4.95. The summed E-state index contributed by atoms with van der Waals surface area (Å²) < 4.78 is 7.37. The maximum atomic E-state index is 9.59. The molecule has 3 rings (SSSR count). The van der Waals surface area contributed by atoms with Crippen molar-refractivity contribution in [1.29, 1.82) is 0 Å². The summed E-state index contributed by atoms with van der Waals surface area (Å²) in [6.07, 6.45) is 7.77. The van der Waals surface area contributed by atoms with Gasteiger partial charge in [0.2, 0.25) is 0 Å². The fourth-order valence-corrected chi connectivity index (χ4v) is 2.36. The minimum absolute atomic E-state index is 0.0767. The van der Waals surface area contributed by atoms with E-state index in [1.165, 1.54) is 0 Å². The van der Waals surface area contributed by atoms with Crippen molar-refractivity contribution in [3.8, 4) is 11.5 Å². The van der Waals surface area contributed by atoms with Gasteiger partial charge in [-0.15, -0.1) is 0 Å². The van der Waals surface area contributed by atoms with Gasteiger partial charge in [-0.3, -0.25) is 4.98 Å². The van der Waals surface area contributed by atoms with E-state index in [-0.39, 0.29) is 12.5 Å². The van der Waals surface area contributed by atoms with Crippen molar-refractivity contribution in [2.24, 2.45) is 5.92 Å². The summed E-state index contributed by atoms with van der Waals surface area (Å²) in [5.41, 5.74) is 0.831. The summed E-state index contributed by atoms with van der Waals surface area (Å²) in [5.74, 6) is 1.77. The Labute approximate surface area is 122 Å². The Hall–Kier alpha value is -2.40. The molecule has 21 heavy (non-hydrogen) atoms. The largest absolute Gasteiger partial charge is 0.469 e. The molecule has 108 valence electrons. The van der Waals surface area contributed by atoms with Gasteiger partial charge in [-0.1, -0.05) is 6.07 Å². The molecule has 5 heteroatoms. The molecule has 0 aliphatic heterocycles. The topological polar surface area (TPSA) is 64.1 Å². The summed E-state index contributed by atoms with van der Waals surface area (Å²) in [7, 11) is 0. The lowest BCUT2D eigenvalue weighted by Crippen LogP contribution is -2.17. The number of aliphatic hydroxyl groups excluding tert-OH is 1. The lowest BCUT2D eigenvalue weighted by molar-refractivity contribution is 0.204. The van der Waals surface area contributed by atoms with E-state index in [0.29, 0.717) is 13.0 Å². The molecule has 0 amide bonds. The van der Waals surface area contributed by atoms with Gasteiger partial charge in [-0.05, 0) is 24.3 Å². The van der Waals surface area contributed by atoms with Crippen LogP contribution in [0.1, 0.15) is 5.76 Å². The zero-order valence-electron chi connectivity index (χ0n) is 11.6. The highest BCUT2D eigenvalue weighted by Crippen LogP contribution is 2.18. The summed E-state index contributed by atoms with van der Waals surface area (Å²) in [5, 5.41) is 9.59. The van der Waals surface area contributed by atoms with Gasteiger partial charge in [-0.25, -0.2) is 4.98 Å². The van der Waals surface area contributed by atoms with Crippen LogP contribution in [0.2, 0.25) is 0 Å². The van der Waals surface area contributed by atoms with E-state index in [4.69, 9.17) is 4.42 Å². The Morgan fingerprint density at radius 3 is 2.81 bits per heavy atom. The number of furan rings is 1. The van der Waals surface area contributed by atoms with Crippen LogP contribution in [0, 0.1) is 5.92 Å². The average Bonchev–Trinajstić information content (AvgIpc) is 3.19. The summed E-state index contributed by atoms with van der Waals surface area (Å²) >= 11 is 0. The van der Waals surface area contributed by atoms with Crippen LogP contribution in [0.5, 0.6) is 0 Å². The molecule has 5 nitrogen and oxygen atoms in total. The molecule has 0 saturated carbocycles. The number of aromatic nitrogens is 3.